The van der Waals surface area contributed by atoms with E-state index in [4.69, 9.17) is 9.47 Å². The summed E-state index contributed by atoms with van der Waals surface area (Å²) in [5, 5.41) is 0. The molecule has 2 aromatic rings. The summed E-state index contributed by atoms with van der Waals surface area (Å²) in [5.41, 5.74) is 1.73. The van der Waals surface area contributed by atoms with E-state index in [0.29, 0.717) is 18.8 Å². The lowest BCUT2D eigenvalue weighted by Crippen LogP contribution is -2.30. The van der Waals surface area contributed by atoms with E-state index >= 15 is 0 Å². The Bertz CT molecular complexity index is 820. The summed E-state index contributed by atoms with van der Waals surface area (Å²) in [6.45, 7) is 2.09. The zero-order valence-electron chi connectivity index (χ0n) is 15.9. The molecule has 0 bridgehead atoms. The van der Waals surface area contributed by atoms with Gasteiger partial charge in [-0.3, -0.25) is 4.79 Å². The highest BCUT2D eigenvalue weighted by Crippen LogP contribution is 2.38. The number of pyridine rings is 1. The van der Waals surface area contributed by atoms with Crippen LogP contribution in [0.25, 0.3) is 0 Å². The molecule has 6 heteroatoms. The highest BCUT2D eigenvalue weighted by atomic mass is 16.5. The third kappa shape index (κ3) is 3.56. The van der Waals surface area contributed by atoms with Crippen molar-refractivity contribution in [3.05, 3.63) is 47.7 Å². The molecule has 0 saturated carbocycles. The molecule has 1 aromatic carbocycles. The number of carbonyl (C=O) groups is 1. The minimum atomic E-state index is 0.0300. The van der Waals surface area contributed by atoms with E-state index in [1.165, 1.54) is 0 Å². The molecular formula is C21H25N3O3. The number of rotatable bonds is 3. The summed E-state index contributed by atoms with van der Waals surface area (Å²) in [5.74, 6) is 2.44. The van der Waals surface area contributed by atoms with Crippen molar-refractivity contribution in [1.29, 1.82) is 0 Å². The van der Waals surface area contributed by atoms with Crippen molar-refractivity contribution in [2.75, 3.05) is 38.8 Å². The van der Waals surface area contributed by atoms with Crippen molar-refractivity contribution in [2.24, 2.45) is 0 Å². The first-order chi connectivity index (χ1) is 13.1. The van der Waals surface area contributed by atoms with Crippen LogP contribution in [0.15, 0.2) is 36.5 Å². The number of carbonyl (C=O) groups excluding carboxylic acids is 1. The fraction of sp³-hybridized carbons (Fsp3) is 0.429. The lowest BCUT2D eigenvalue weighted by atomic mass is 10.0. The van der Waals surface area contributed by atoms with Gasteiger partial charge in [-0.1, -0.05) is 6.07 Å². The SMILES string of the molecule is CN(C)c1ccc(C(=O)N2CCC[C@H]2c2ccc3c(c2)OCCCO3)cn1. The Balaban J connectivity index is 1.57. The standard InChI is InChI=1S/C21H25N3O3/c1-23(2)20-9-7-16(14-22-20)21(25)24-10-3-5-17(24)15-6-8-18-19(13-15)27-12-4-11-26-18/h6-9,13-14,17H,3-5,10-12H2,1-2H3/t17-/m0/s1. The van der Waals surface area contributed by atoms with E-state index < -0.39 is 0 Å². The van der Waals surface area contributed by atoms with Gasteiger partial charge in [-0.2, -0.15) is 0 Å². The van der Waals surface area contributed by atoms with Crippen molar-refractivity contribution in [1.82, 2.24) is 9.88 Å². The molecule has 6 nitrogen and oxygen atoms in total. The molecule has 142 valence electrons. The van der Waals surface area contributed by atoms with Crippen LogP contribution >= 0.6 is 0 Å². The number of hydrogen-bond donors (Lipinski definition) is 0. The van der Waals surface area contributed by atoms with Gasteiger partial charge in [-0.25, -0.2) is 4.98 Å². The van der Waals surface area contributed by atoms with Crippen molar-refractivity contribution in [2.45, 2.75) is 25.3 Å². The van der Waals surface area contributed by atoms with Gasteiger partial charge in [0.05, 0.1) is 24.8 Å². The molecular weight excluding hydrogens is 342 g/mol. The summed E-state index contributed by atoms with van der Waals surface area (Å²) in [6, 6.07) is 9.84. The van der Waals surface area contributed by atoms with E-state index in [-0.39, 0.29) is 11.9 Å². The zero-order valence-corrected chi connectivity index (χ0v) is 15.9. The van der Waals surface area contributed by atoms with Gasteiger partial charge >= 0.3 is 0 Å². The number of nitrogens with zero attached hydrogens (tertiary/aromatic N) is 3. The maximum absolute atomic E-state index is 13.1. The molecule has 1 amide bonds. The van der Waals surface area contributed by atoms with Crippen molar-refractivity contribution in [3.63, 3.8) is 0 Å². The summed E-state index contributed by atoms with van der Waals surface area (Å²) in [4.78, 5) is 21.3. The van der Waals surface area contributed by atoms with Gasteiger partial charge in [0.2, 0.25) is 0 Å². The number of likely N-dealkylation sites (tertiary alicyclic amines) is 1. The van der Waals surface area contributed by atoms with E-state index in [1.807, 2.05) is 48.2 Å². The Kier molecular flexibility index (Phi) is 4.88. The fourth-order valence-electron chi connectivity index (χ4n) is 3.69. The van der Waals surface area contributed by atoms with E-state index in [9.17, 15) is 4.79 Å². The molecule has 1 fully saturated rings. The lowest BCUT2D eigenvalue weighted by molar-refractivity contribution is 0.0735. The van der Waals surface area contributed by atoms with Crippen LogP contribution in [0.1, 0.15) is 41.2 Å². The molecule has 1 aromatic heterocycles. The first-order valence-corrected chi connectivity index (χ1v) is 9.47. The summed E-state index contributed by atoms with van der Waals surface area (Å²) < 4.78 is 11.5. The minimum Gasteiger partial charge on any atom is -0.490 e. The Morgan fingerprint density at radius 3 is 2.67 bits per heavy atom. The van der Waals surface area contributed by atoms with Crippen LogP contribution in [-0.4, -0.2) is 49.6 Å². The smallest absolute Gasteiger partial charge is 0.255 e. The summed E-state index contributed by atoms with van der Waals surface area (Å²) in [6.07, 6.45) is 4.50. The van der Waals surface area contributed by atoms with Gasteiger partial charge < -0.3 is 19.3 Å². The molecule has 0 aliphatic carbocycles. The van der Waals surface area contributed by atoms with Crippen molar-refractivity contribution < 1.29 is 14.3 Å². The second kappa shape index (κ2) is 7.47. The van der Waals surface area contributed by atoms with Crippen LogP contribution in [-0.2, 0) is 0 Å². The number of ether oxygens (including phenoxy) is 2. The number of benzene rings is 1. The number of fused-ring (bicyclic) bond motifs is 1. The predicted octanol–water partition coefficient (Wildman–Crippen LogP) is 3.29. The maximum Gasteiger partial charge on any atom is 0.255 e. The average molecular weight is 367 g/mol. The van der Waals surface area contributed by atoms with Gasteiger partial charge in [0.1, 0.15) is 5.82 Å². The number of aromatic nitrogens is 1. The Morgan fingerprint density at radius 1 is 1.11 bits per heavy atom. The zero-order chi connectivity index (χ0) is 18.8. The first-order valence-electron chi connectivity index (χ1n) is 9.47. The number of amides is 1. The third-order valence-electron chi connectivity index (χ3n) is 5.12. The van der Waals surface area contributed by atoms with Crippen LogP contribution in [0.4, 0.5) is 5.82 Å². The van der Waals surface area contributed by atoms with Crippen LogP contribution in [0.5, 0.6) is 11.5 Å². The number of hydrogen-bond acceptors (Lipinski definition) is 5. The van der Waals surface area contributed by atoms with Crippen LogP contribution in [0, 0.1) is 0 Å². The predicted molar refractivity (Wildman–Crippen MR) is 104 cm³/mol. The van der Waals surface area contributed by atoms with Crippen molar-refractivity contribution >= 4 is 11.7 Å². The van der Waals surface area contributed by atoms with Gasteiger partial charge in [0.15, 0.2) is 11.5 Å². The Labute approximate surface area is 159 Å². The topological polar surface area (TPSA) is 54.9 Å². The quantitative estimate of drug-likeness (QED) is 0.833. The third-order valence-corrected chi connectivity index (χ3v) is 5.12. The highest BCUT2D eigenvalue weighted by molar-refractivity contribution is 5.94. The average Bonchev–Trinajstić information content (AvgIpc) is 3.06. The van der Waals surface area contributed by atoms with Crippen molar-refractivity contribution in [3.8, 4) is 11.5 Å². The molecule has 27 heavy (non-hydrogen) atoms. The second-order valence-corrected chi connectivity index (χ2v) is 7.21. The van der Waals surface area contributed by atoms with E-state index in [0.717, 1.165) is 48.7 Å². The monoisotopic (exact) mass is 367 g/mol. The Hall–Kier alpha value is -2.76. The van der Waals surface area contributed by atoms with Crippen LogP contribution < -0.4 is 14.4 Å². The molecule has 1 saturated heterocycles. The normalized spacial score (nSPS) is 18.9. The molecule has 1 atom stereocenters. The van der Waals surface area contributed by atoms with Gasteiger partial charge in [-0.15, -0.1) is 0 Å². The minimum absolute atomic E-state index is 0.0300. The highest BCUT2D eigenvalue weighted by Gasteiger charge is 2.31. The fourth-order valence-corrected chi connectivity index (χ4v) is 3.69. The van der Waals surface area contributed by atoms with Gasteiger partial charge in [0, 0.05) is 33.3 Å². The largest absolute Gasteiger partial charge is 0.490 e. The Morgan fingerprint density at radius 2 is 1.93 bits per heavy atom. The lowest BCUT2D eigenvalue weighted by Gasteiger charge is -2.26. The molecule has 0 N–H and O–H groups in total. The second-order valence-electron chi connectivity index (χ2n) is 7.21. The molecule has 0 spiro atoms. The number of anilines is 1. The molecule has 0 unspecified atom stereocenters. The molecule has 2 aliphatic heterocycles. The van der Waals surface area contributed by atoms with E-state index in [1.54, 1.807) is 6.20 Å². The summed E-state index contributed by atoms with van der Waals surface area (Å²) in [7, 11) is 3.87. The molecule has 2 aliphatic rings. The van der Waals surface area contributed by atoms with Gasteiger partial charge in [0.25, 0.3) is 5.91 Å². The summed E-state index contributed by atoms with van der Waals surface area (Å²) >= 11 is 0. The van der Waals surface area contributed by atoms with Crippen LogP contribution in [0.3, 0.4) is 0 Å². The molecule has 0 radical (unpaired) electrons. The van der Waals surface area contributed by atoms with Gasteiger partial charge in [-0.05, 0) is 42.7 Å². The maximum atomic E-state index is 13.1. The molecule has 4 rings (SSSR count). The van der Waals surface area contributed by atoms with E-state index in [2.05, 4.69) is 11.1 Å². The first kappa shape index (κ1) is 17.6. The molecule has 3 heterocycles. The van der Waals surface area contributed by atoms with Crippen LogP contribution in [0.2, 0.25) is 0 Å².